The van der Waals surface area contributed by atoms with Gasteiger partial charge in [-0.1, -0.05) is 6.08 Å². The van der Waals surface area contributed by atoms with Gasteiger partial charge in [-0.15, -0.1) is 0 Å². The zero-order valence-corrected chi connectivity index (χ0v) is 12.0. The molecule has 0 unspecified atom stereocenters. The molecule has 0 saturated carbocycles. The number of rotatable bonds is 2. The van der Waals surface area contributed by atoms with E-state index in [9.17, 15) is 0 Å². The summed E-state index contributed by atoms with van der Waals surface area (Å²) in [5.41, 5.74) is 2.64. The number of aromatic nitrogens is 1. The van der Waals surface area contributed by atoms with Crippen LogP contribution in [0.3, 0.4) is 0 Å². The second kappa shape index (κ2) is 5.02. The predicted octanol–water partition coefficient (Wildman–Crippen LogP) is 2.87. The maximum absolute atomic E-state index is 5.34. The van der Waals surface area contributed by atoms with Crippen molar-refractivity contribution in [3.8, 4) is 5.75 Å². The van der Waals surface area contributed by atoms with E-state index in [1.807, 2.05) is 6.20 Å². The lowest BCUT2D eigenvalue weighted by molar-refractivity contribution is 0.409. The molecule has 2 heterocycles. The van der Waals surface area contributed by atoms with Gasteiger partial charge in [-0.2, -0.15) is 0 Å². The first-order valence-electron chi connectivity index (χ1n) is 6.40. The first-order valence-corrected chi connectivity index (χ1v) is 7.19. The summed E-state index contributed by atoms with van der Waals surface area (Å²) in [5, 5.41) is 3.50. The Kier molecular flexibility index (Phi) is 3.39. The van der Waals surface area contributed by atoms with Crippen molar-refractivity contribution in [2.75, 3.05) is 20.2 Å². The van der Waals surface area contributed by atoms with Gasteiger partial charge in [-0.25, -0.2) is 4.98 Å². The third-order valence-corrected chi connectivity index (χ3v) is 4.60. The minimum Gasteiger partial charge on any atom is -0.494 e. The molecule has 1 N–H and O–H groups in total. The zero-order valence-electron chi connectivity index (χ0n) is 10.4. The van der Waals surface area contributed by atoms with Crippen LogP contribution >= 0.6 is 15.9 Å². The summed E-state index contributed by atoms with van der Waals surface area (Å²) >= 11 is 3.40. The Balaban J connectivity index is 1.96. The molecule has 0 amide bonds. The Bertz CT molecular complexity index is 487. The molecule has 96 valence electrons. The molecule has 2 aliphatic rings. The molecule has 1 saturated heterocycles. The second-order valence-corrected chi connectivity index (χ2v) is 5.73. The highest BCUT2D eigenvalue weighted by Crippen LogP contribution is 2.39. The van der Waals surface area contributed by atoms with Gasteiger partial charge in [0.05, 0.1) is 7.11 Å². The van der Waals surface area contributed by atoms with Gasteiger partial charge in [0, 0.05) is 18.7 Å². The second-order valence-electron chi connectivity index (χ2n) is 4.98. The van der Waals surface area contributed by atoms with Crippen molar-refractivity contribution in [3.05, 3.63) is 28.5 Å². The Morgan fingerprint density at radius 2 is 2.33 bits per heavy atom. The summed E-state index contributed by atoms with van der Waals surface area (Å²) in [6.45, 7) is 2.25. The Hall–Kier alpha value is -0.870. The molecule has 1 aliphatic heterocycles. The fourth-order valence-corrected chi connectivity index (χ4v) is 3.44. The summed E-state index contributed by atoms with van der Waals surface area (Å²) < 4.78 is 6.11. The molecule has 1 fully saturated rings. The summed E-state index contributed by atoms with van der Waals surface area (Å²) in [6, 6.07) is 2.09. The van der Waals surface area contributed by atoms with E-state index < -0.39 is 0 Å². The summed E-state index contributed by atoms with van der Waals surface area (Å²) in [7, 11) is 1.68. The number of pyridine rings is 1. The molecule has 3 rings (SSSR count). The third-order valence-electron chi connectivity index (χ3n) is 4.00. The van der Waals surface area contributed by atoms with Crippen LogP contribution in [0.1, 0.15) is 18.4 Å². The van der Waals surface area contributed by atoms with Crippen LogP contribution in [0, 0.1) is 11.8 Å². The van der Waals surface area contributed by atoms with Gasteiger partial charge in [-0.05, 0) is 58.4 Å². The third kappa shape index (κ3) is 2.08. The number of halogens is 1. The zero-order chi connectivity index (χ0) is 12.5. The molecule has 0 bridgehead atoms. The van der Waals surface area contributed by atoms with Crippen molar-refractivity contribution in [1.29, 1.82) is 0 Å². The Labute approximate surface area is 116 Å². The smallest absolute Gasteiger partial charge is 0.152 e. The highest BCUT2D eigenvalue weighted by atomic mass is 79.9. The van der Waals surface area contributed by atoms with E-state index in [-0.39, 0.29) is 0 Å². The van der Waals surface area contributed by atoms with Crippen LogP contribution < -0.4 is 10.1 Å². The maximum Gasteiger partial charge on any atom is 0.152 e. The number of ether oxygens (including phenoxy) is 1. The first-order chi connectivity index (χ1) is 8.79. The predicted molar refractivity (Wildman–Crippen MR) is 75.5 cm³/mol. The molecule has 1 aromatic rings. The molecule has 2 atom stereocenters. The minimum absolute atomic E-state index is 0.645. The molecular weight excluding hydrogens is 292 g/mol. The van der Waals surface area contributed by atoms with E-state index in [1.165, 1.54) is 24.0 Å². The number of nitrogens with zero attached hydrogens (tertiary/aromatic N) is 1. The van der Waals surface area contributed by atoms with Gasteiger partial charge in [0.1, 0.15) is 4.60 Å². The van der Waals surface area contributed by atoms with Gasteiger partial charge in [-0.3, -0.25) is 0 Å². The van der Waals surface area contributed by atoms with Gasteiger partial charge in [0.2, 0.25) is 0 Å². The number of nitrogens with one attached hydrogen (secondary N) is 1. The van der Waals surface area contributed by atoms with Gasteiger partial charge in [0.25, 0.3) is 0 Å². The average molecular weight is 309 g/mol. The minimum atomic E-state index is 0.645. The molecule has 4 heteroatoms. The van der Waals surface area contributed by atoms with E-state index in [1.54, 1.807) is 7.11 Å². The van der Waals surface area contributed by atoms with E-state index in [2.05, 4.69) is 38.4 Å². The highest BCUT2D eigenvalue weighted by molar-refractivity contribution is 9.10. The lowest BCUT2D eigenvalue weighted by Crippen LogP contribution is -2.18. The fourth-order valence-electron chi connectivity index (χ4n) is 3.07. The van der Waals surface area contributed by atoms with Crippen LogP contribution in [0.25, 0.3) is 5.57 Å². The van der Waals surface area contributed by atoms with Crippen molar-refractivity contribution in [2.45, 2.75) is 12.8 Å². The number of methoxy groups -OCH3 is 1. The van der Waals surface area contributed by atoms with Crippen LogP contribution in [0.2, 0.25) is 0 Å². The Morgan fingerprint density at radius 1 is 1.44 bits per heavy atom. The number of hydrogen-bond donors (Lipinski definition) is 1. The molecule has 3 nitrogen and oxygen atoms in total. The van der Waals surface area contributed by atoms with Crippen molar-refractivity contribution < 1.29 is 4.74 Å². The van der Waals surface area contributed by atoms with Gasteiger partial charge in [0.15, 0.2) is 5.75 Å². The summed E-state index contributed by atoms with van der Waals surface area (Å²) in [4.78, 5) is 4.37. The van der Waals surface area contributed by atoms with Crippen molar-refractivity contribution in [1.82, 2.24) is 10.3 Å². The molecule has 1 aliphatic carbocycles. The summed E-state index contributed by atoms with van der Waals surface area (Å²) in [6.07, 6.45) is 6.80. The quantitative estimate of drug-likeness (QED) is 0.853. The fraction of sp³-hybridized carbons (Fsp3) is 0.500. The average Bonchev–Trinajstić information content (AvgIpc) is 2.87. The van der Waals surface area contributed by atoms with Crippen molar-refractivity contribution >= 4 is 21.5 Å². The van der Waals surface area contributed by atoms with Crippen molar-refractivity contribution in [3.63, 3.8) is 0 Å². The molecule has 1 aromatic heterocycles. The van der Waals surface area contributed by atoms with Crippen LogP contribution in [0.4, 0.5) is 0 Å². The molecule has 18 heavy (non-hydrogen) atoms. The number of allylic oxidation sites excluding steroid dienone is 1. The Morgan fingerprint density at radius 3 is 3.17 bits per heavy atom. The monoisotopic (exact) mass is 308 g/mol. The van der Waals surface area contributed by atoms with Gasteiger partial charge < -0.3 is 10.1 Å². The molecule has 0 aromatic carbocycles. The first kappa shape index (κ1) is 12.2. The van der Waals surface area contributed by atoms with E-state index in [4.69, 9.17) is 4.74 Å². The lowest BCUT2D eigenvalue weighted by Gasteiger charge is -2.26. The van der Waals surface area contributed by atoms with Crippen molar-refractivity contribution in [2.24, 2.45) is 11.8 Å². The van der Waals surface area contributed by atoms with E-state index >= 15 is 0 Å². The van der Waals surface area contributed by atoms with Crippen LogP contribution in [-0.4, -0.2) is 25.2 Å². The van der Waals surface area contributed by atoms with Crippen LogP contribution in [-0.2, 0) is 0 Å². The normalized spacial score (nSPS) is 26.7. The molecule has 0 radical (unpaired) electrons. The topological polar surface area (TPSA) is 34.1 Å². The maximum atomic E-state index is 5.34. The number of hydrogen-bond acceptors (Lipinski definition) is 3. The van der Waals surface area contributed by atoms with Crippen LogP contribution in [0.5, 0.6) is 5.75 Å². The van der Waals surface area contributed by atoms with E-state index in [0.717, 1.165) is 29.4 Å². The van der Waals surface area contributed by atoms with Gasteiger partial charge >= 0.3 is 0 Å². The summed E-state index contributed by atoms with van der Waals surface area (Å²) in [5.74, 6) is 2.24. The highest BCUT2D eigenvalue weighted by Gasteiger charge is 2.32. The number of fused-ring (bicyclic) bond motifs is 1. The molecular formula is C14H17BrN2O. The standard InChI is InChI=1S/C14H17BrN2O/c1-18-13-5-10(7-17-14(13)15)11-4-2-3-9-6-16-8-12(9)11/h4-5,7,9,12,16H,2-3,6,8H2,1H3/t9-,12+/m1/s1. The van der Waals surface area contributed by atoms with Crippen LogP contribution in [0.15, 0.2) is 22.9 Å². The SMILES string of the molecule is COc1cc(C2=CCC[C@@H]3CNC[C@H]23)cnc1Br. The lowest BCUT2D eigenvalue weighted by atomic mass is 9.78. The largest absolute Gasteiger partial charge is 0.494 e. The van der Waals surface area contributed by atoms with E-state index in [0.29, 0.717) is 5.92 Å². The molecule has 0 spiro atoms.